The Bertz CT molecular complexity index is 196. The fourth-order valence-electron chi connectivity index (χ4n) is 0.503. The number of sulfonamides is 1. The Morgan fingerprint density at radius 2 is 1.73 bits per heavy atom. The molecule has 3 nitrogen and oxygen atoms in total. The van der Waals surface area contributed by atoms with Gasteiger partial charge in [-0.1, -0.05) is 13.8 Å². The summed E-state index contributed by atoms with van der Waals surface area (Å²) in [6.45, 7) is 7.49. The molecule has 0 saturated carbocycles. The molecule has 0 aromatic heterocycles. The van der Waals surface area contributed by atoms with Gasteiger partial charge in [-0.3, -0.25) is 0 Å². The molecule has 0 radical (unpaired) electrons. The van der Waals surface area contributed by atoms with Crippen molar-refractivity contribution in [3.63, 3.8) is 0 Å². The van der Waals surface area contributed by atoms with Gasteiger partial charge in [0, 0.05) is 6.04 Å². The number of rotatable bonds is 4. The van der Waals surface area contributed by atoms with Crippen LogP contribution in [0.2, 0.25) is 0 Å². The van der Waals surface area contributed by atoms with E-state index in [0.717, 1.165) is 0 Å². The monoisotopic (exact) mass is 179 g/mol. The molecule has 1 atom stereocenters. The molecule has 0 aliphatic heterocycles. The molecule has 0 bridgehead atoms. The zero-order valence-corrected chi connectivity index (χ0v) is 8.40. The molecule has 0 amide bonds. The van der Waals surface area contributed by atoms with E-state index < -0.39 is 10.0 Å². The first kappa shape index (κ1) is 10.9. The highest BCUT2D eigenvalue weighted by atomic mass is 32.2. The first-order valence-corrected chi connectivity index (χ1v) is 5.54. The maximum absolute atomic E-state index is 11.0. The molecule has 0 rings (SSSR count). The van der Waals surface area contributed by atoms with Crippen LogP contribution in [0.4, 0.5) is 0 Å². The molecule has 0 saturated heterocycles. The normalized spacial score (nSPS) is 15.4. The molecule has 0 fully saturated rings. The molecule has 11 heavy (non-hydrogen) atoms. The zero-order chi connectivity index (χ0) is 9.07. The summed E-state index contributed by atoms with van der Waals surface area (Å²) in [4.78, 5) is 0. The van der Waals surface area contributed by atoms with Crippen molar-refractivity contribution in [2.45, 2.75) is 33.7 Å². The molecule has 0 aliphatic rings. The summed E-state index contributed by atoms with van der Waals surface area (Å²) in [6, 6.07) is 0.0277. The van der Waals surface area contributed by atoms with Gasteiger partial charge in [0.15, 0.2) is 0 Å². The lowest BCUT2D eigenvalue weighted by Crippen LogP contribution is -2.36. The summed E-state index contributed by atoms with van der Waals surface area (Å²) in [6.07, 6.45) is 0. The third-order valence-corrected chi connectivity index (χ3v) is 3.24. The van der Waals surface area contributed by atoms with Crippen LogP contribution in [0.1, 0.15) is 27.7 Å². The molecular weight excluding hydrogens is 162 g/mol. The predicted molar refractivity (Wildman–Crippen MR) is 46.9 cm³/mol. The fourth-order valence-corrected chi connectivity index (χ4v) is 1.51. The van der Waals surface area contributed by atoms with Gasteiger partial charge in [-0.05, 0) is 19.8 Å². The van der Waals surface area contributed by atoms with Gasteiger partial charge in [0.25, 0.3) is 0 Å². The van der Waals surface area contributed by atoms with E-state index in [1.807, 2.05) is 20.8 Å². The van der Waals surface area contributed by atoms with Crippen molar-refractivity contribution in [3.05, 3.63) is 0 Å². The second kappa shape index (κ2) is 4.07. The van der Waals surface area contributed by atoms with E-state index in [1.165, 1.54) is 0 Å². The molecule has 0 unspecified atom stereocenters. The molecule has 1 N–H and O–H groups in total. The van der Waals surface area contributed by atoms with E-state index >= 15 is 0 Å². The lowest BCUT2D eigenvalue weighted by Gasteiger charge is -2.16. The minimum Gasteiger partial charge on any atom is -0.212 e. The largest absolute Gasteiger partial charge is 0.212 e. The van der Waals surface area contributed by atoms with Crippen LogP contribution in [0.15, 0.2) is 0 Å². The van der Waals surface area contributed by atoms with Gasteiger partial charge < -0.3 is 0 Å². The fraction of sp³-hybridized carbons (Fsp3) is 1.00. The van der Waals surface area contributed by atoms with Crippen molar-refractivity contribution < 1.29 is 8.42 Å². The first-order chi connectivity index (χ1) is 4.89. The van der Waals surface area contributed by atoms with Crippen LogP contribution in [0.5, 0.6) is 0 Å². The third kappa shape index (κ3) is 4.37. The highest BCUT2D eigenvalue weighted by molar-refractivity contribution is 7.89. The first-order valence-electron chi connectivity index (χ1n) is 3.89. The number of hydrogen-bond donors (Lipinski definition) is 1. The maximum Gasteiger partial charge on any atom is 0.211 e. The van der Waals surface area contributed by atoms with E-state index in [-0.39, 0.29) is 11.8 Å². The molecule has 0 aromatic carbocycles. The second-order valence-corrected chi connectivity index (χ2v) is 5.10. The highest BCUT2D eigenvalue weighted by Gasteiger charge is 2.13. The summed E-state index contributed by atoms with van der Waals surface area (Å²) in [7, 11) is -3.01. The van der Waals surface area contributed by atoms with E-state index in [2.05, 4.69) is 4.72 Å². The standard InChI is InChI=1S/C7H17NO2S/c1-5-11(9,10)8-7(4)6(2)3/h6-8H,5H2,1-4H3/t7-/m1/s1. The van der Waals surface area contributed by atoms with E-state index in [1.54, 1.807) is 6.92 Å². The molecule has 0 aliphatic carbocycles. The third-order valence-electron chi connectivity index (χ3n) is 1.75. The van der Waals surface area contributed by atoms with E-state index in [9.17, 15) is 8.42 Å². The highest BCUT2D eigenvalue weighted by Crippen LogP contribution is 2.01. The smallest absolute Gasteiger partial charge is 0.211 e. The summed E-state index contributed by atoms with van der Waals surface area (Å²) in [5, 5.41) is 0. The minimum absolute atomic E-state index is 0.0277. The van der Waals surface area contributed by atoms with Gasteiger partial charge in [-0.15, -0.1) is 0 Å². The summed E-state index contributed by atoms with van der Waals surface area (Å²) in [5.74, 6) is 0.501. The Morgan fingerprint density at radius 3 is 2.00 bits per heavy atom. The molecule has 68 valence electrons. The molecular formula is C7H17NO2S. The SMILES string of the molecule is CCS(=O)(=O)N[C@H](C)C(C)C. The second-order valence-electron chi connectivity index (χ2n) is 3.05. The summed E-state index contributed by atoms with van der Waals surface area (Å²) in [5.41, 5.74) is 0. The van der Waals surface area contributed by atoms with E-state index in [4.69, 9.17) is 0 Å². The van der Waals surface area contributed by atoms with Gasteiger partial charge >= 0.3 is 0 Å². The van der Waals surface area contributed by atoms with Gasteiger partial charge in [0.05, 0.1) is 5.75 Å². The van der Waals surface area contributed by atoms with Crippen molar-refractivity contribution in [1.82, 2.24) is 4.72 Å². The molecule has 0 heterocycles. The lowest BCUT2D eigenvalue weighted by atomic mass is 10.1. The molecule has 0 aromatic rings. The van der Waals surface area contributed by atoms with Crippen molar-refractivity contribution in [2.75, 3.05) is 5.75 Å². The van der Waals surface area contributed by atoms with Crippen LogP contribution >= 0.6 is 0 Å². The summed E-state index contributed by atoms with van der Waals surface area (Å²) < 4.78 is 24.6. The Morgan fingerprint density at radius 1 is 1.27 bits per heavy atom. The van der Waals surface area contributed by atoms with Crippen LogP contribution in [0, 0.1) is 5.92 Å². The number of hydrogen-bond acceptors (Lipinski definition) is 2. The average molecular weight is 179 g/mol. The van der Waals surface area contributed by atoms with Gasteiger partial charge in [-0.25, -0.2) is 13.1 Å². The Kier molecular flexibility index (Phi) is 4.03. The van der Waals surface area contributed by atoms with Crippen molar-refractivity contribution >= 4 is 10.0 Å². The van der Waals surface area contributed by atoms with Crippen LogP contribution < -0.4 is 4.72 Å². The van der Waals surface area contributed by atoms with Crippen molar-refractivity contribution in [2.24, 2.45) is 5.92 Å². The summed E-state index contributed by atoms with van der Waals surface area (Å²) >= 11 is 0. The Hall–Kier alpha value is -0.0900. The van der Waals surface area contributed by atoms with Gasteiger partial charge in [-0.2, -0.15) is 0 Å². The zero-order valence-electron chi connectivity index (χ0n) is 7.59. The van der Waals surface area contributed by atoms with E-state index in [0.29, 0.717) is 5.92 Å². The lowest BCUT2D eigenvalue weighted by molar-refractivity contribution is 0.477. The van der Waals surface area contributed by atoms with Crippen molar-refractivity contribution in [1.29, 1.82) is 0 Å². The van der Waals surface area contributed by atoms with Crippen LogP contribution in [-0.2, 0) is 10.0 Å². The molecule has 4 heteroatoms. The minimum atomic E-state index is -3.01. The van der Waals surface area contributed by atoms with Gasteiger partial charge in [0.1, 0.15) is 0 Å². The van der Waals surface area contributed by atoms with Crippen molar-refractivity contribution in [3.8, 4) is 0 Å². The Labute approximate surface area is 69.2 Å². The van der Waals surface area contributed by atoms with Gasteiger partial charge in [0.2, 0.25) is 10.0 Å². The predicted octanol–water partition coefficient (Wildman–Crippen LogP) is 0.970. The maximum atomic E-state index is 11.0. The topological polar surface area (TPSA) is 46.2 Å². The number of nitrogens with one attached hydrogen (secondary N) is 1. The van der Waals surface area contributed by atoms with Crippen LogP contribution in [0.25, 0.3) is 0 Å². The molecule has 0 spiro atoms. The quantitative estimate of drug-likeness (QED) is 0.699. The Balaban J connectivity index is 4.05. The van der Waals surface area contributed by atoms with Crippen LogP contribution in [-0.4, -0.2) is 20.2 Å². The van der Waals surface area contributed by atoms with Crippen LogP contribution in [0.3, 0.4) is 0 Å². The average Bonchev–Trinajstić information content (AvgIpc) is 1.87.